The summed E-state index contributed by atoms with van der Waals surface area (Å²) in [5, 5.41) is 5.30. The zero-order valence-corrected chi connectivity index (χ0v) is 11.1. The lowest BCUT2D eigenvalue weighted by Gasteiger charge is -2.06. The molecule has 4 nitrogen and oxygen atoms in total. The van der Waals surface area contributed by atoms with Crippen LogP contribution in [0.1, 0.15) is 17.4 Å². The summed E-state index contributed by atoms with van der Waals surface area (Å²) < 4.78 is 6.80. The number of carbonyl (C=O) groups is 1. The van der Waals surface area contributed by atoms with Gasteiger partial charge in [0.25, 0.3) is 0 Å². The van der Waals surface area contributed by atoms with Crippen molar-refractivity contribution in [1.29, 1.82) is 0 Å². The minimum absolute atomic E-state index is 0.340. The molecule has 0 saturated carbocycles. The van der Waals surface area contributed by atoms with Crippen LogP contribution in [0.5, 0.6) is 0 Å². The number of rotatable bonds is 3. The zero-order chi connectivity index (χ0) is 13.9. The molecule has 0 aliphatic rings. The largest absolute Gasteiger partial charge is 0.461 e. The van der Waals surface area contributed by atoms with Crippen LogP contribution in [0, 0.1) is 0 Å². The molecule has 3 aromatic rings. The fourth-order valence-corrected chi connectivity index (χ4v) is 2.18. The first-order valence-electron chi connectivity index (χ1n) is 6.51. The number of ether oxygens (including phenoxy) is 1. The lowest BCUT2D eigenvalue weighted by Crippen LogP contribution is -2.12. The van der Waals surface area contributed by atoms with Crippen molar-refractivity contribution in [3.63, 3.8) is 0 Å². The van der Waals surface area contributed by atoms with Crippen LogP contribution in [-0.4, -0.2) is 22.4 Å². The number of nitrogens with zero attached hydrogens (tertiary/aromatic N) is 2. The Morgan fingerprint density at radius 1 is 1.10 bits per heavy atom. The number of benzene rings is 2. The van der Waals surface area contributed by atoms with E-state index in [2.05, 4.69) is 5.10 Å². The van der Waals surface area contributed by atoms with Gasteiger partial charge >= 0.3 is 5.97 Å². The Kier molecular flexibility index (Phi) is 3.21. The van der Waals surface area contributed by atoms with Crippen LogP contribution in [0.2, 0.25) is 0 Å². The standard InChI is InChI=1S/C16H14N2O2/c1-2-20-16(19)15-13-10-6-7-11-14(13)17-18(15)12-8-4-3-5-9-12/h3-11H,2H2,1H3. The van der Waals surface area contributed by atoms with E-state index in [0.29, 0.717) is 12.3 Å². The van der Waals surface area contributed by atoms with Crippen molar-refractivity contribution in [3.8, 4) is 5.69 Å². The van der Waals surface area contributed by atoms with Crippen LogP contribution in [-0.2, 0) is 4.74 Å². The zero-order valence-electron chi connectivity index (χ0n) is 11.1. The summed E-state index contributed by atoms with van der Waals surface area (Å²) in [5.74, 6) is -0.356. The molecule has 0 aliphatic heterocycles. The van der Waals surface area contributed by atoms with Crippen LogP contribution in [0.15, 0.2) is 54.6 Å². The Hall–Kier alpha value is -2.62. The van der Waals surface area contributed by atoms with Gasteiger partial charge in [0, 0.05) is 5.39 Å². The van der Waals surface area contributed by atoms with E-state index in [1.54, 1.807) is 11.6 Å². The van der Waals surface area contributed by atoms with Crippen LogP contribution in [0.4, 0.5) is 0 Å². The minimum Gasteiger partial charge on any atom is -0.461 e. The fraction of sp³-hybridized carbons (Fsp3) is 0.125. The number of para-hydroxylation sites is 1. The number of hydrogen-bond acceptors (Lipinski definition) is 3. The molecule has 0 bridgehead atoms. The number of aromatic nitrogens is 2. The third-order valence-electron chi connectivity index (χ3n) is 3.05. The van der Waals surface area contributed by atoms with Gasteiger partial charge in [-0.1, -0.05) is 36.4 Å². The Labute approximate surface area is 116 Å². The van der Waals surface area contributed by atoms with Gasteiger partial charge in [0.15, 0.2) is 5.69 Å². The van der Waals surface area contributed by atoms with Crippen molar-refractivity contribution < 1.29 is 9.53 Å². The van der Waals surface area contributed by atoms with Gasteiger partial charge in [-0.2, -0.15) is 5.10 Å². The van der Waals surface area contributed by atoms with Crippen molar-refractivity contribution in [2.24, 2.45) is 0 Å². The van der Waals surface area contributed by atoms with Crippen LogP contribution >= 0.6 is 0 Å². The molecule has 1 heterocycles. The molecule has 0 N–H and O–H groups in total. The number of esters is 1. The maximum absolute atomic E-state index is 12.2. The van der Waals surface area contributed by atoms with E-state index in [9.17, 15) is 4.79 Å². The Morgan fingerprint density at radius 3 is 2.55 bits per heavy atom. The summed E-state index contributed by atoms with van der Waals surface area (Å²) in [6.45, 7) is 2.14. The fourth-order valence-electron chi connectivity index (χ4n) is 2.18. The van der Waals surface area contributed by atoms with Gasteiger partial charge in [0.1, 0.15) is 0 Å². The summed E-state index contributed by atoms with van der Waals surface area (Å²) >= 11 is 0. The second-order valence-corrected chi connectivity index (χ2v) is 4.33. The first-order chi connectivity index (χ1) is 9.81. The smallest absolute Gasteiger partial charge is 0.357 e. The van der Waals surface area contributed by atoms with Gasteiger partial charge in [-0.05, 0) is 25.1 Å². The predicted octanol–water partition coefficient (Wildman–Crippen LogP) is 3.20. The Morgan fingerprint density at radius 2 is 1.80 bits per heavy atom. The summed E-state index contributed by atoms with van der Waals surface area (Å²) in [4.78, 5) is 12.2. The highest BCUT2D eigenvalue weighted by Crippen LogP contribution is 2.22. The monoisotopic (exact) mass is 266 g/mol. The van der Waals surface area contributed by atoms with Gasteiger partial charge in [-0.25, -0.2) is 9.48 Å². The Bertz CT molecular complexity index is 748. The molecule has 0 unspecified atom stereocenters. The maximum atomic E-state index is 12.2. The normalized spacial score (nSPS) is 10.7. The van der Waals surface area contributed by atoms with Crippen molar-refractivity contribution in [2.45, 2.75) is 6.92 Å². The molecule has 3 rings (SSSR count). The van der Waals surface area contributed by atoms with Gasteiger partial charge in [-0.3, -0.25) is 0 Å². The van der Waals surface area contributed by atoms with E-state index < -0.39 is 0 Å². The van der Waals surface area contributed by atoms with Crippen LogP contribution in [0.3, 0.4) is 0 Å². The number of carbonyl (C=O) groups excluding carboxylic acids is 1. The molecule has 0 radical (unpaired) electrons. The van der Waals surface area contributed by atoms with Crippen molar-refractivity contribution in [3.05, 3.63) is 60.3 Å². The van der Waals surface area contributed by atoms with E-state index in [1.807, 2.05) is 54.6 Å². The van der Waals surface area contributed by atoms with E-state index in [4.69, 9.17) is 4.74 Å². The second-order valence-electron chi connectivity index (χ2n) is 4.33. The first kappa shape index (κ1) is 12.4. The molecule has 1 aromatic heterocycles. The highest BCUT2D eigenvalue weighted by Gasteiger charge is 2.20. The minimum atomic E-state index is -0.356. The predicted molar refractivity (Wildman–Crippen MR) is 77.0 cm³/mol. The molecule has 0 aliphatic carbocycles. The summed E-state index contributed by atoms with van der Waals surface area (Å²) in [6.07, 6.45) is 0. The number of hydrogen-bond donors (Lipinski definition) is 0. The average Bonchev–Trinajstić information content (AvgIpc) is 2.88. The third-order valence-corrected chi connectivity index (χ3v) is 3.05. The quantitative estimate of drug-likeness (QED) is 0.684. The second kappa shape index (κ2) is 5.17. The van der Waals surface area contributed by atoms with Gasteiger partial charge in [0.2, 0.25) is 0 Å². The summed E-state index contributed by atoms with van der Waals surface area (Å²) in [5.41, 5.74) is 2.08. The molecular formula is C16H14N2O2. The molecule has 0 atom stereocenters. The molecule has 0 spiro atoms. The molecule has 0 amide bonds. The lowest BCUT2D eigenvalue weighted by molar-refractivity contribution is 0.0518. The average molecular weight is 266 g/mol. The van der Waals surface area contributed by atoms with E-state index >= 15 is 0 Å². The topological polar surface area (TPSA) is 44.1 Å². The molecular weight excluding hydrogens is 252 g/mol. The Balaban J connectivity index is 2.25. The lowest BCUT2D eigenvalue weighted by atomic mass is 10.2. The van der Waals surface area contributed by atoms with Gasteiger partial charge in [0.05, 0.1) is 17.8 Å². The maximum Gasteiger partial charge on any atom is 0.357 e. The molecule has 2 aromatic carbocycles. The van der Waals surface area contributed by atoms with E-state index in [1.165, 1.54) is 0 Å². The molecule has 0 saturated heterocycles. The molecule has 0 fully saturated rings. The highest BCUT2D eigenvalue weighted by molar-refractivity contribution is 6.02. The van der Waals surface area contributed by atoms with Gasteiger partial charge < -0.3 is 4.74 Å². The molecule has 20 heavy (non-hydrogen) atoms. The van der Waals surface area contributed by atoms with Gasteiger partial charge in [-0.15, -0.1) is 0 Å². The first-order valence-corrected chi connectivity index (χ1v) is 6.51. The van der Waals surface area contributed by atoms with Crippen LogP contribution < -0.4 is 0 Å². The molecule has 100 valence electrons. The van der Waals surface area contributed by atoms with E-state index in [0.717, 1.165) is 16.6 Å². The van der Waals surface area contributed by atoms with Crippen molar-refractivity contribution in [2.75, 3.05) is 6.61 Å². The third kappa shape index (κ3) is 2.05. The van der Waals surface area contributed by atoms with Crippen LogP contribution in [0.25, 0.3) is 16.6 Å². The number of fused-ring (bicyclic) bond motifs is 1. The summed E-state index contributed by atoms with van der Waals surface area (Å²) in [7, 11) is 0. The SMILES string of the molecule is CCOC(=O)c1c2ccccc2nn1-c1ccccc1. The molecule has 4 heteroatoms. The summed E-state index contributed by atoms with van der Waals surface area (Å²) in [6, 6.07) is 17.1. The van der Waals surface area contributed by atoms with Crippen molar-refractivity contribution >= 4 is 16.9 Å². The highest BCUT2D eigenvalue weighted by atomic mass is 16.5. The van der Waals surface area contributed by atoms with E-state index in [-0.39, 0.29) is 5.97 Å². The van der Waals surface area contributed by atoms with Crippen molar-refractivity contribution in [1.82, 2.24) is 9.78 Å².